The maximum Gasteiger partial charge on any atom is 0.123 e. The van der Waals surface area contributed by atoms with E-state index >= 15 is 0 Å². The SMILES string of the molecule is COc1cc(Br)cc2c1CCNCC2. The highest BCUT2D eigenvalue weighted by Gasteiger charge is 2.13. The fraction of sp³-hybridized carbons (Fsp3) is 0.455. The molecule has 0 radical (unpaired) electrons. The summed E-state index contributed by atoms with van der Waals surface area (Å²) in [5, 5.41) is 3.39. The monoisotopic (exact) mass is 255 g/mol. The van der Waals surface area contributed by atoms with Crippen LogP contribution in [0.2, 0.25) is 0 Å². The Hall–Kier alpha value is -0.540. The highest BCUT2D eigenvalue weighted by molar-refractivity contribution is 9.10. The van der Waals surface area contributed by atoms with Crippen molar-refractivity contribution in [2.75, 3.05) is 20.2 Å². The highest BCUT2D eigenvalue weighted by Crippen LogP contribution is 2.29. The molecule has 0 amide bonds. The summed E-state index contributed by atoms with van der Waals surface area (Å²) in [4.78, 5) is 0. The topological polar surface area (TPSA) is 21.3 Å². The minimum absolute atomic E-state index is 1.01. The Morgan fingerprint density at radius 2 is 2.07 bits per heavy atom. The van der Waals surface area contributed by atoms with Crippen LogP contribution in [0.5, 0.6) is 5.75 Å². The molecule has 0 aromatic heterocycles. The summed E-state index contributed by atoms with van der Waals surface area (Å²) in [5.74, 6) is 1.01. The number of hydrogen-bond acceptors (Lipinski definition) is 2. The number of benzene rings is 1. The van der Waals surface area contributed by atoms with Gasteiger partial charge in [0.2, 0.25) is 0 Å². The number of methoxy groups -OCH3 is 1. The van der Waals surface area contributed by atoms with Crippen LogP contribution < -0.4 is 10.1 Å². The number of nitrogens with one attached hydrogen (secondary N) is 1. The van der Waals surface area contributed by atoms with E-state index < -0.39 is 0 Å². The maximum absolute atomic E-state index is 5.39. The lowest BCUT2D eigenvalue weighted by Crippen LogP contribution is -2.16. The van der Waals surface area contributed by atoms with Crippen LogP contribution in [0.25, 0.3) is 0 Å². The molecule has 0 spiro atoms. The molecule has 0 aliphatic carbocycles. The summed E-state index contributed by atoms with van der Waals surface area (Å²) in [5.41, 5.74) is 2.77. The summed E-state index contributed by atoms with van der Waals surface area (Å²) < 4.78 is 6.50. The standard InChI is InChI=1S/C11H14BrNO/c1-14-11-7-9(12)6-8-2-4-13-5-3-10(8)11/h6-7,13H,2-5H2,1H3. The van der Waals surface area contributed by atoms with E-state index in [1.165, 1.54) is 11.1 Å². The molecule has 14 heavy (non-hydrogen) atoms. The number of ether oxygens (including phenoxy) is 1. The molecule has 0 saturated heterocycles. The Bertz CT molecular complexity index is 338. The molecule has 1 aromatic carbocycles. The van der Waals surface area contributed by atoms with Crippen LogP contribution in [-0.4, -0.2) is 20.2 Å². The van der Waals surface area contributed by atoms with Gasteiger partial charge in [0, 0.05) is 4.47 Å². The third kappa shape index (κ3) is 1.93. The molecule has 0 atom stereocenters. The van der Waals surface area contributed by atoms with Crippen molar-refractivity contribution in [2.24, 2.45) is 0 Å². The van der Waals surface area contributed by atoms with Crippen LogP contribution in [0.1, 0.15) is 11.1 Å². The van der Waals surface area contributed by atoms with Crippen molar-refractivity contribution in [3.05, 3.63) is 27.7 Å². The van der Waals surface area contributed by atoms with E-state index in [2.05, 4.69) is 27.3 Å². The quantitative estimate of drug-likeness (QED) is 0.831. The van der Waals surface area contributed by atoms with Gasteiger partial charge in [0.25, 0.3) is 0 Å². The molecular formula is C11H14BrNO. The van der Waals surface area contributed by atoms with Crippen molar-refractivity contribution >= 4 is 15.9 Å². The molecule has 1 heterocycles. The lowest BCUT2D eigenvalue weighted by atomic mass is 10.0. The molecule has 1 aliphatic heterocycles. The Labute approximate surface area is 92.8 Å². The second-order valence-electron chi connectivity index (χ2n) is 3.50. The molecule has 76 valence electrons. The molecule has 2 rings (SSSR count). The van der Waals surface area contributed by atoms with Gasteiger partial charge in [-0.15, -0.1) is 0 Å². The first-order valence-corrected chi connectivity index (χ1v) is 5.66. The molecule has 1 aromatic rings. The molecule has 1 N–H and O–H groups in total. The molecule has 0 fully saturated rings. The van der Waals surface area contributed by atoms with Gasteiger partial charge in [0.05, 0.1) is 7.11 Å². The number of hydrogen-bond donors (Lipinski definition) is 1. The third-order valence-corrected chi connectivity index (χ3v) is 3.07. The van der Waals surface area contributed by atoms with E-state index in [0.717, 1.165) is 36.2 Å². The number of fused-ring (bicyclic) bond motifs is 1. The zero-order chi connectivity index (χ0) is 9.97. The van der Waals surface area contributed by atoms with Gasteiger partial charge in [0.1, 0.15) is 5.75 Å². The van der Waals surface area contributed by atoms with Gasteiger partial charge < -0.3 is 10.1 Å². The normalized spacial score (nSPS) is 15.9. The van der Waals surface area contributed by atoms with Crippen molar-refractivity contribution in [2.45, 2.75) is 12.8 Å². The van der Waals surface area contributed by atoms with E-state index in [1.54, 1.807) is 7.11 Å². The molecule has 0 bridgehead atoms. The van der Waals surface area contributed by atoms with Gasteiger partial charge in [-0.25, -0.2) is 0 Å². The summed E-state index contributed by atoms with van der Waals surface area (Å²) in [7, 11) is 1.74. The third-order valence-electron chi connectivity index (χ3n) is 2.61. The van der Waals surface area contributed by atoms with Crippen molar-refractivity contribution in [1.29, 1.82) is 0 Å². The Morgan fingerprint density at radius 3 is 2.86 bits per heavy atom. The van der Waals surface area contributed by atoms with Crippen LogP contribution in [0.3, 0.4) is 0 Å². The van der Waals surface area contributed by atoms with Crippen LogP contribution >= 0.6 is 15.9 Å². The summed E-state index contributed by atoms with van der Waals surface area (Å²) in [6.45, 7) is 2.11. The smallest absolute Gasteiger partial charge is 0.123 e. The van der Waals surface area contributed by atoms with Crippen molar-refractivity contribution in [3.63, 3.8) is 0 Å². The van der Waals surface area contributed by atoms with Crippen LogP contribution in [0.15, 0.2) is 16.6 Å². The number of rotatable bonds is 1. The average molecular weight is 256 g/mol. The summed E-state index contributed by atoms with van der Waals surface area (Å²) >= 11 is 3.51. The fourth-order valence-electron chi connectivity index (χ4n) is 1.92. The van der Waals surface area contributed by atoms with E-state index in [0.29, 0.717) is 0 Å². The van der Waals surface area contributed by atoms with Gasteiger partial charge in [-0.1, -0.05) is 15.9 Å². The van der Waals surface area contributed by atoms with Crippen LogP contribution in [-0.2, 0) is 12.8 Å². The minimum Gasteiger partial charge on any atom is -0.496 e. The van der Waals surface area contributed by atoms with E-state index in [9.17, 15) is 0 Å². The summed E-state index contributed by atoms with van der Waals surface area (Å²) in [6.07, 6.45) is 2.15. The van der Waals surface area contributed by atoms with Crippen LogP contribution in [0.4, 0.5) is 0 Å². The molecule has 2 nitrogen and oxygen atoms in total. The van der Waals surface area contributed by atoms with Crippen molar-refractivity contribution in [1.82, 2.24) is 5.32 Å². The van der Waals surface area contributed by atoms with Gasteiger partial charge >= 0.3 is 0 Å². The predicted molar refractivity (Wildman–Crippen MR) is 61.0 cm³/mol. The maximum atomic E-state index is 5.39. The Kier molecular flexibility index (Phi) is 3.08. The zero-order valence-corrected chi connectivity index (χ0v) is 9.86. The van der Waals surface area contributed by atoms with E-state index in [1.807, 2.05) is 6.07 Å². The first-order chi connectivity index (χ1) is 6.81. The van der Waals surface area contributed by atoms with Crippen LogP contribution in [0, 0.1) is 0 Å². The lowest BCUT2D eigenvalue weighted by Gasteiger charge is -2.11. The average Bonchev–Trinajstić information content (AvgIpc) is 2.41. The second kappa shape index (κ2) is 4.32. The molecule has 1 aliphatic rings. The van der Waals surface area contributed by atoms with Gasteiger partial charge in [-0.3, -0.25) is 0 Å². The number of halogens is 1. The van der Waals surface area contributed by atoms with Gasteiger partial charge in [-0.05, 0) is 49.2 Å². The molecular weight excluding hydrogens is 242 g/mol. The first kappa shape index (κ1) is 9.99. The first-order valence-electron chi connectivity index (χ1n) is 4.87. The van der Waals surface area contributed by atoms with E-state index in [-0.39, 0.29) is 0 Å². The lowest BCUT2D eigenvalue weighted by molar-refractivity contribution is 0.409. The second-order valence-corrected chi connectivity index (χ2v) is 4.41. The molecule has 3 heteroatoms. The Balaban J connectivity index is 2.46. The Morgan fingerprint density at radius 1 is 1.29 bits per heavy atom. The predicted octanol–water partition coefficient (Wildman–Crippen LogP) is 2.15. The summed E-state index contributed by atoms with van der Waals surface area (Å²) in [6, 6.07) is 4.25. The fourth-order valence-corrected chi connectivity index (χ4v) is 2.40. The minimum atomic E-state index is 1.01. The molecule has 0 unspecified atom stereocenters. The van der Waals surface area contributed by atoms with E-state index in [4.69, 9.17) is 4.74 Å². The van der Waals surface area contributed by atoms with Gasteiger partial charge in [-0.2, -0.15) is 0 Å². The van der Waals surface area contributed by atoms with Gasteiger partial charge in [0.15, 0.2) is 0 Å². The zero-order valence-electron chi connectivity index (χ0n) is 8.27. The highest BCUT2D eigenvalue weighted by atomic mass is 79.9. The van der Waals surface area contributed by atoms with Crippen molar-refractivity contribution < 1.29 is 4.74 Å². The molecule has 0 saturated carbocycles. The van der Waals surface area contributed by atoms with Crippen molar-refractivity contribution in [3.8, 4) is 5.75 Å². The largest absolute Gasteiger partial charge is 0.496 e.